The Morgan fingerprint density at radius 3 is 3.00 bits per heavy atom. The topological polar surface area (TPSA) is 56.2 Å². The molecule has 0 radical (unpaired) electrons. The fourth-order valence-electron chi connectivity index (χ4n) is 1.85. The van der Waals surface area contributed by atoms with Gasteiger partial charge in [0, 0.05) is 12.7 Å². The average Bonchev–Trinajstić information content (AvgIpc) is 2.71. The van der Waals surface area contributed by atoms with E-state index >= 15 is 0 Å². The minimum absolute atomic E-state index is 0.0478. The zero-order valence-electron chi connectivity index (χ0n) is 9.62. The number of hydrogen-bond donors (Lipinski definition) is 1. The van der Waals surface area contributed by atoms with Crippen LogP contribution in [0.5, 0.6) is 0 Å². The van der Waals surface area contributed by atoms with Crippen LogP contribution in [-0.2, 0) is 4.74 Å². The van der Waals surface area contributed by atoms with Gasteiger partial charge in [0.2, 0.25) is 5.95 Å². The van der Waals surface area contributed by atoms with Gasteiger partial charge in [-0.05, 0) is 13.3 Å². The highest BCUT2D eigenvalue weighted by molar-refractivity contribution is 5.87. The first-order chi connectivity index (χ1) is 8.43. The van der Waals surface area contributed by atoms with E-state index in [1.54, 1.807) is 6.92 Å². The summed E-state index contributed by atoms with van der Waals surface area (Å²) in [4.78, 5) is 15.2. The summed E-state index contributed by atoms with van der Waals surface area (Å²) in [6.07, 6.45) is -3.36. The standard InChI is InChI=1S/C10H12F3N3O2/c1-2-18-8(17)6-5-16-7(10(11,12)13)3-4-14-9(16)15-6/h5,7H,2-4H2,1H3,(H,14,15). The second-order valence-corrected chi connectivity index (χ2v) is 3.85. The number of carbonyl (C=O) groups excluding carboxylic acids is 1. The fourth-order valence-corrected chi connectivity index (χ4v) is 1.85. The molecule has 0 fully saturated rings. The molecule has 1 aliphatic rings. The van der Waals surface area contributed by atoms with E-state index in [1.807, 2.05) is 0 Å². The smallest absolute Gasteiger partial charge is 0.409 e. The third-order valence-electron chi connectivity index (χ3n) is 2.63. The second-order valence-electron chi connectivity index (χ2n) is 3.85. The van der Waals surface area contributed by atoms with Crippen molar-refractivity contribution in [1.82, 2.24) is 9.55 Å². The van der Waals surface area contributed by atoms with E-state index in [1.165, 1.54) is 0 Å². The molecule has 0 spiro atoms. The molecule has 5 nitrogen and oxygen atoms in total. The Morgan fingerprint density at radius 2 is 2.39 bits per heavy atom. The van der Waals surface area contributed by atoms with Crippen molar-refractivity contribution in [1.29, 1.82) is 0 Å². The number of nitrogens with zero attached hydrogens (tertiary/aromatic N) is 2. The molecular formula is C10H12F3N3O2. The van der Waals surface area contributed by atoms with Gasteiger partial charge in [-0.2, -0.15) is 13.2 Å². The van der Waals surface area contributed by atoms with Crippen molar-refractivity contribution in [3.63, 3.8) is 0 Å². The van der Waals surface area contributed by atoms with Crippen molar-refractivity contribution in [2.45, 2.75) is 25.6 Å². The number of halogens is 3. The Labute approximate surface area is 101 Å². The lowest BCUT2D eigenvalue weighted by molar-refractivity contribution is -0.169. The number of esters is 1. The number of alkyl halides is 3. The summed E-state index contributed by atoms with van der Waals surface area (Å²) in [5.74, 6) is -0.672. The number of carbonyl (C=O) groups is 1. The van der Waals surface area contributed by atoms with Gasteiger partial charge in [0.1, 0.15) is 6.04 Å². The lowest BCUT2D eigenvalue weighted by atomic mass is 10.1. The van der Waals surface area contributed by atoms with Crippen LogP contribution in [0.25, 0.3) is 0 Å². The first-order valence-corrected chi connectivity index (χ1v) is 5.50. The van der Waals surface area contributed by atoms with Crippen LogP contribution in [-0.4, -0.2) is 34.8 Å². The van der Waals surface area contributed by atoms with Crippen molar-refractivity contribution >= 4 is 11.9 Å². The summed E-state index contributed by atoms with van der Waals surface area (Å²) in [7, 11) is 0. The number of hydrogen-bond acceptors (Lipinski definition) is 4. The quantitative estimate of drug-likeness (QED) is 0.829. The lowest BCUT2D eigenvalue weighted by Crippen LogP contribution is -2.33. The fraction of sp³-hybridized carbons (Fsp3) is 0.600. The molecule has 0 saturated heterocycles. The van der Waals surface area contributed by atoms with Gasteiger partial charge in [0.15, 0.2) is 5.69 Å². The van der Waals surface area contributed by atoms with Crippen molar-refractivity contribution in [2.24, 2.45) is 0 Å². The molecule has 1 atom stereocenters. The molecule has 1 aromatic rings. The molecular weight excluding hydrogens is 251 g/mol. The number of fused-ring (bicyclic) bond motifs is 1. The number of imidazole rings is 1. The molecule has 0 aliphatic carbocycles. The molecule has 18 heavy (non-hydrogen) atoms. The van der Waals surface area contributed by atoms with Gasteiger partial charge < -0.3 is 14.6 Å². The van der Waals surface area contributed by atoms with Crippen molar-refractivity contribution in [2.75, 3.05) is 18.5 Å². The highest BCUT2D eigenvalue weighted by Crippen LogP contribution is 2.37. The minimum atomic E-state index is -4.36. The number of rotatable bonds is 2. The Bertz CT molecular complexity index is 456. The van der Waals surface area contributed by atoms with Gasteiger partial charge in [0.05, 0.1) is 6.61 Å². The van der Waals surface area contributed by atoms with Crippen LogP contribution in [0.4, 0.5) is 19.1 Å². The predicted molar refractivity (Wildman–Crippen MR) is 56.4 cm³/mol. The molecule has 0 aromatic carbocycles. The van der Waals surface area contributed by atoms with Crippen LogP contribution in [0, 0.1) is 0 Å². The summed E-state index contributed by atoms with van der Waals surface area (Å²) in [5.41, 5.74) is -0.115. The van der Waals surface area contributed by atoms with E-state index in [4.69, 9.17) is 4.74 Å². The van der Waals surface area contributed by atoms with E-state index < -0.39 is 18.2 Å². The van der Waals surface area contributed by atoms with Crippen LogP contribution in [0.1, 0.15) is 29.9 Å². The van der Waals surface area contributed by atoms with Crippen molar-refractivity contribution in [3.8, 4) is 0 Å². The monoisotopic (exact) mass is 263 g/mol. The Morgan fingerprint density at radius 1 is 1.67 bits per heavy atom. The van der Waals surface area contributed by atoms with Gasteiger partial charge in [-0.3, -0.25) is 0 Å². The first kappa shape index (κ1) is 12.7. The van der Waals surface area contributed by atoms with E-state index in [2.05, 4.69) is 10.3 Å². The third-order valence-corrected chi connectivity index (χ3v) is 2.63. The zero-order valence-corrected chi connectivity index (χ0v) is 9.62. The third kappa shape index (κ3) is 2.27. The molecule has 1 N–H and O–H groups in total. The van der Waals surface area contributed by atoms with Gasteiger partial charge in [-0.1, -0.05) is 0 Å². The molecule has 8 heteroatoms. The summed E-state index contributed by atoms with van der Waals surface area (Å²) in [6.45, 7) is 1.94. The van der Waals surface area contributed by atoms with Gasteiger partial charge >= 0.3 is 12.1 Å². The first-order valence-electron chi connectivity index (χ1n) is 5.50. The van der Waals surface area contributed by atoms with Crippen LogP contribution in [0.3, 0.4) is 0 Å². The number of nitrogens with one attached hydrogen (secondary N) is 1. The summed E-state index contributed by atoms with van der Waals surface area (Å²) in [5, 5.41) is 2.73. The van der Waals surface area contributed by atoms with Crippen LogP contribution < -0.4 is 5.32 Å². The maximum absolute atomic E-state index is 12.8. The van der Waals surface area contributed by atoms with E-state index in [9.17, 15) is 18.0 Å². The highest BCUT2D eigenvalue weighted by Gasteiger charge is 2.43. The molecule has 0 bridgehead atoms. The number of ether oxygens (including phenoxy) is 1. The number of anilines is 1. The maximum atomic E-state index is 12.8. The van der Waals surface area contributed by atoms with E-state index in [0.29, 0.717) is 0 Å². The molecule has 2 heterocycles. The molecule has 2 rings (SSSR count). The average molecular weight is 263 g/mol. The molecule has 1 unspecified atom stereocenters. The van der Waals surface area contributed by atoms with Gasteiger partial charge in [-0.15, -0.1) is 0 Å². The van der Waals surface area contributed by atoms with Crippen LogP contribution >= 0.6 is 0 Å². The Balaban J connectivity index is 2.32. The predicted octanol–water partition coefficient (Wildman–Crippen LogP) is 1.98. The normalized spacial score (nSPS) is 19.0. The van der Waals surface area contributed by atoms with E-state index in [0.717, 1.165) is 10.8 Å². The molecule has 0 amide bonds. The van der Waals surface area contributed by atoms with E-state index in [-0.39, 0.29) is 31.2 Å². The highest BCUT2D eigenvalue weighted by atomic mass is 19.4. The van der Waals surface area contributed by atoms with Crippen molar-refractivity contribution < 1.29 is 22.7 Å². The molecule has 1 aliphatic heterocycles. The minimum Gasteiger partial charge on any atom is -0.461 e. The molecule has 100 valence electrons. The van der Waals surface area contributed by atoms with Crippen molar-refractivity contribution in [3.05, 3.63) is 11.9 Å². The maximum Gasteiger partial charge on any atom is 0.409 e. The molecule has 1 aromatic heterocycles. The number of aromatic nitrogens is 2. The van der Waals surface area contributed by atoms with Gasteiger partial charge in [-0.25, -0.2) is 9.78 Å². The Hall–Kier alpha value is -1.73. The SMILES string of the molecule is CCOC(=O)c1cn2c(n1)NCCC2C(F)(F)F. The van der Waals surface area contributed by atoms with Crippen LogP contribution in [0.2, 0.25) is 0 Å². The summed E-state index contributed by atoms with van der Waals surface area (Å²) in [6, 6.07) is -1.65. The summed E-state index contributed by atoms with van der Waals surface area (Å²) < 4.78 is 44.0. The molecule has 0 saturated carbocycles. The summed E-state index contributed by atoms with van der Waals surface area (Å²) >= 11 is 0. The van der Waals surface area contributed by atoms with Crippen LogP contribution in [0.15, 0.2) is 6.20 Å². The second kappa shape index (κ2) is 4.51. The van der Waals surface area contributed by atoms with Gasteiger partial charge in [0.25, 0.3) is 0 Å². The largest absolute Gasteiger partial charge is 0.461 e. The zero-order chi connectivity index (χ0) is 13.3. The lowest BCUT2D eigenvalue weighted by Gasteiger charge is -2.27. The Kier molecular flexibility index (Phi) is 3.18.